The molecule has 4 heteroatoms. The second-order valence-electron chi connectivity index (χ2n) is 4.11. The second kappa shape index (κ2) is 6.35. The van der Waals surface area contributed by atoms with Gasteiger partial charge in [-0.25, -0.2) is 4.39 Å². The van der Waals surface area contributed by atoms with Crippen LogP contribution in [-0.2, 0) is 0 Å². The van der Waals surface area contributed by atoms with Crippen molar-refractivity contribution in [3.8, 4) is 0 Å². The quantitative estimate of drug-likeness (QED) is 0.826. The molecular weight excluding hydrogens is 221 g/mol. The van der Waals surface area contributed by atoms with Crippen molar-refractivity contribution in [3.63, 3.8) is 0 Å². The predicted molar refractivity (Wildman–Crippen MR) is 64.4 cm³/mol. The molecule has 0 saturated heterocycles. The standard InChI is InChI=1S/C13H18FNO2/c1-3-4-11(16)8-15-13(17)12-6-5-10(14)7-9(12)2/h5-7,11,16H,3-4,8H2,1-2H3,(H,15,17). The minimum Gasteiger partial charge on any atom is -0.391 e. The van der Waals surface area contributed by atoms with E-state index in [0.29, 0.717) is 17.5 Å². The van der Waals surface area contributed by atoms with Gasteiger partial charge in [0.25, 0.3) is 5.91 Å². The first-order valence-corrected chi connectivity index (χ1v) is 5.77. The Balaban J connectivity index is 2.58. The number of hydrogen-bond acceptors (Lipinski definition) is 2. The third-order valence-electron chi connectivity index (χ3n) is 2.55. The minimum absolute atomic E-state index is 0.226. The molecule has 0 aliphatic carbocycles. The molecule has 1 rings (SSSR count). The molecular formula is C13H18FNO2. The molecule has 94 valence electrons. The van der Waals surface area contributed by atoms with Gasteiger partial charge in [0.05, 0.1) is 6.10 Å². The molecule has 0 bridgehead atoms. The van der Waals surface area contributed by atoms with Crippen LogP contribution in [0.1, 0.15) is 35.7 Å². The van der Waals surface area contributed by atoms with E-state index in [4.69, 9.17) is 0 Å². The van der Waals surface area contributed by atoms with E-state index in [9.17, 15) is 14.3 Å². The zero-order valence-corrected chi connectivity index (χ0v) is 10.2. The molecule has 0 heterocycles. The first-order chi connectivity index (χ1) is 8.04. The molecule has 2 N–H and O–H groups in total. The third kappa shape index (κ3) is 4.15. The average Bonchev–Trinajstić information content (AvgIpc) is 2.26. The molecule has 1 amide bonds. The Morgan fingerprint density at radius 1 is 1.53 bits per heavy atom. The van der Waals surface area contributed by atoms with E-state index < -0.39 is 6.10 Å². The van der Waals surface area contributed by atoms with E-state index in [1.807, 2.05) is 6.92 Å². The summed E-state index contributed by atoms with van der Waals surface area (Å²) < 4.78 is 12.9. The molecule has 1 atom stereocenters. The van der Waals surface area contributed by atoms with Gasteiger partial charge in [0.1, 0.15) is 5.82 Å². The summed E-state index contributed by atoms with van der Waals surface area (Å²) >= 11 is 0. The molecule has 0 spiro atoms. The smallest absolute Gasteiger partial charge is 0.251 e. The molecule has 17 heavy (non-hydrogen) atoms. The molecule has 1 unspecified atom stereocenters. The summed E-state index contributed by atoms with van der Waals surface area (Å²) in [6.07, 6.45) is 1.000. The van der Waals surface area contributed by atoms with Gasteiger partial charge in [0.2, 0.25) is 0 Å². The highest BCUT2D eigenvalue weighted by atomic mass is 19.1. The van der Waals surface area contributed by atoms with Crippen LogP contribution < -0.4 is 5.32 Å². The van der Waals surface area contributed by atoms with Gasteiger partial charge in [-0.1, -0.05) is 13.3 Å². The normalized spacial score (nSPS) is 12.2. The summed E-state index contributed by atoms with van der Waals surface area (Å²) in [5.74, 6) is -0.636. The van der Waals surface area contributed by atoms with Crippen LogP contribution in [0.25, 0.3) is 0 Å². The summed E-state index contributed by atoms with van der Waals surface area (Å²) in [6.45, 7) is 3.87. The van der Waals surface area contributed by atoms with Gasteiger partial charge in [-0.2, -0.15) is 0 Å². The lowest BCUT2D eigenvalue weighted by atomic mass is 10.1. The maximum absolute atomic E-state index is 12.9. The number of carbonyl (C=O) groups is 1. The summed E-state index contributed by atoms with van der Waals surface area (Å²) in [5, 5.41) is 12.1. The summed E-state index contributed by atoms with van der Waals surface area (Å²) in [7, 11) is 0. The van der Waals surface area contributed by atoms with E-state index >= 15 is 0 Å². The molecule has 0 aliphatic heterocycles. The lowest BCUT2D eigenvalue weighted by molar-refractivity contribution is 0.0909. The number of nitrogens with one attached hydrogen (secondary N) is 1. The van der Waals surface area contributed by atoms with Crippen LogP contribution in [0.5, 0.6) is 0 Å². The highest BCUT2D eigenvalue weighted by Crippen LogP contribution is 2.09. The first kappa shape index (κ1) is 13.6. The molecule has 0 aromatic heterocycles. The highest BCUT2D eigenvalue weighted by Gasteiger charge is 2.11. The molecule has 0 fully saturated rings. The van der Waals surface area contributed by atoms with Gasteiger partial charge >= 0.3 is 0 Å². The Bertz CT molecular complexity index is 393. The minimum atomic E-state index is -0.523. The Kier molecular flexibility index (Phi) is 5.10. The Labute approximate surface area is 101 Å². The van der Waals surface area contributed by atoms with Gasteiger partial charge in [0.15, 0.2) is 0 Å². The van der Waals surface area contributed by atoms with E-state index in [1.54, 1.807) is 6.92 Å². The maximum atomic E-state index is 12.9. The van der Waals surface area contributed by atoms with Crippen molar-refractivity contribution in [2.24, 2.45) is 0 Å². The van der Waals surface area contributed by atoms with Crippen molar-refractivity contribution in [1.29, 1.82) is 0 Å². The number of rotatable bonds is 5. The zero-order chi connectivity index (χ0) is 12.8. The summed E-state index contributed by atoms with van der Waals surface area (Å²) in [4.78, 5) is 11.7. The Morgan fingerprint density at radius 2 is 2.24 bits per heavy atom. The van der Waals surface area contributed by atoms with Crippen molar-refractivity contribution in [2.45, 2.75) is 32.8 Å². The zero-order valence-electron chi connectivity index (χ0n) is 10.2. The average molecular weight is 239 g/mol. The molecule has 0 aliphatic rings. The molecule has 0 radical (unpaired) electrons. The van der Waals surface area contributed by atoms with Crippen molar-refractivity contribution in [2.75, 3.05) is 6.54 Å². The molecule has 3 nitrogen and oxygen atoms in total. The van der Waals surface area contributed by atoms with Gasteiger partial charge in [0, 0.05) is 12.1 Å². The SMILES string of the molecule is CCCC(O)CNC(=O)c1ccc(F)cc1C. The summed E-state index contributed by atoms with van der Waals surface area (Å²) in [5.41, 5.74) is 1.03. The van der Waals surface area contributed by atoms with Gasteiger partial charge in [-0.3, -0.25) is 4.79 Å². The van der Waals surface area contributed by atoms with Gasteiger partial charge in [-0.05, 0) is 37.1 Å². The number of carbonyl (C=O) groups excluding carboxylic acids is 1. The lowest BCUT2D eigenvalue weighted by Crippen LogP contribution is -2.32. The van der Waals surface area contributed by atoms with Crippen molar-refractivity contribution >= 4 is 5.91 Å². The third-order valence-corrected chi connectivity index (χ3v) is 2.55. The van der Waals surface area contributed by atoms with Crippen LogP contribution in [0.3, 0.4) is 0 Å². The lowest BCUT2D eigenvalue weighted by Gasteiger charge is -2.11. The summed E-state index contributed by atoms with van der Waals surface area (Å²) in [6, 6.07) is 4.02. The van der Waals surface area contributed by atoms with Gasteiger partial charge < -0.3 is 10.4 Å². The number of aliphatic hydroxyl groups is 1. The van der Waals surface area contributed by atoms with Crippen molar-refractivity contribution in [1.82, 2.24) is 5.32 Å². The highest BCUT2D eigenvalue weighted by molar-refractivity contribution is 5.95. The van der Waals surface area contributed by atoms with Crippen LogP contribution in [0.15, 0.2) is 18.2 Å². The predicted octanol–water partition coefficient (Wildman–Crippen LogP) is 2.02. The largest absolute Gasteiger partial charge is 0.391 e. The first-order valence-electron chi connectivity index (χ1n) is 5.77. The number of amides is 1. The molecule has 0 saturated carbocycles. The fourth-order valence-electron chi connectivity index (χ4n) is 1.62. The van der Waals surface area contributed by atoms with Crippen molar-refractivity contribution in [3.05, 3.63) is 35.1 Å². The van der Waals surface area contributed by atoms with E-state index in [2.05, 4.69) is 5.32 Å². The molecule has 1 aromatic rings. The fourth-order valence-corrected chi connectivity index (χ4v) is 1.62. The number of benzene rings is 1. The number of halogens is 1. The van der Waals surface area contributed by atoms with E-state index in [-0.39, 0.29) is 18.3 Å². The Hall–Kier alpha value is -1.42. The second-order valence-corrected chi connectivity index (χ2v) is 4.11. The van der Waals surface area contributed by atoms with Crippen molar-refractivity contribution < 1.29 is 14.3 Å². The van der Waals surface area contributed by atoms with Crippen LogP contribution in [0.4, 0.5) is 4.39 Å². The van der Waals surface area contributed by atoms with E-state index in [1.165, 1.54) is 18.2 Å². The van der Waals surface area contributed by atoms with E-state index in [0.717, 1.165) is 6.42 Å². The fraction of sp³-hybridized carbons (Fsp3) is 0.462. The number of hydrogen-bond donors (Lipinski definition) is 2. The topological polar surface area (TPSA) is 49.3 Å². The van der Waals surface area contributed by atoms with Gasteiger partial charge in [-0.15, -0.1) is 0 Å². The van der Waals surface area contributed by atoms with Crippen LogP contribution >= 0.6 is 0 Å². The van der Waals surface area contributed by atoms with Crippen LogP contribution in [-0.4, -0.2) is 23.7 Å². The molecule has 1 aromatic carbocycles. The maximum Gasteiger partial charge on any atom is 0.251 e. The van der Waals surface area contributed by atoms with Crippen LogP contribution in [0, 0.1) is 12.7 Å². The van der Waals surface area contributed by atoms with Crippen LogP contribution in [0.2, 0.25) is 0 Å². The number of aryl methyl sites for hydroxylation is 1. The monoisotopic (exact) mass is 239 g/mol. The number of aliphatic hydroxyl groups excluding tert-OH is 1. The Morgan fingerprint density at radius 3 is 2.82 bits per heavy atom.